The Morgan fingerprint density at radius 1 is 1.37 bits per heavy atom. The Kier molecular flexibility index (Phi) is 4.76. The molecule has 2 aliphatic heterocycles. The van der Waals surface area contributed by atoms with E-state index in [0.717, 1.165) is 25.9 Å². The van der Waals surface area contributed by atoms with Crippen LogP contribution in [-0.2, 0) is 9.59 Å². The predicted molar refractivity (Wildman–Crippen MR) is 72.5 cm³/mol. The van der Waals surface area contributed by atoms with E-state index in [2.05, 4.69) is 10.2 Å². The Morgan fingerprint density at radius 2 is 2.05 bits per heavy atom. The molecule has 3 N–H and O–H groups in total. The van der Waals surface area contributed by atoms with Gasteiger partial charge in [-0.2, -0.15) is 0 Å². The topological polar surface area (TPSA) is 78.7 Å². The molecule has 2 rings (SSSR count). The van der Waals surface area contributed by atoms with E-state index in [4.69, 9.17) is 5.73 Å². The van der Waals surface area contributed by atoms with E-state index in [0.29, 0.717) is 26.1 Å². The van der Waals surface area contributed by atoms with Crippen LogP contribution in [0.1, 0.15) is 26.2 Å². The zero-order valence-corrected chi connectivity index (χ0v) is 11.6. The van der Waals surface area contributed by atoms with E-state index in [1.54, 1.807) is 4.90 Å². The third-order valence-electron chi connectivity index (χ3n) is 4.03. The van der Waals surface area contributed by atoms with Crippen LogP contribution in [0.5, 0.6) is 0 Å². The summed E-state index contributed by atoms with van der Waals surface area (Å²) in [6, 6.07) is -0.0243. The minimum atomic E-state index is -0.298. The molecule has 0 aromatic carbocycles. The third kappa shape index (κ3) is 3.45. The summed E-state index contributed by atoms with van der Waals surface area (Å²) in [5, 5.41) is 2.81. The molecular weight excluding hydrogens is 244 g/mol. The monoisotopic (exact) mass is 268 g/mol. The van der Waals surface area contributed by atoms with Crippen molar-refractivity contribution in [3.8, 4) is 0 Å². The average Bonchev–Trinajstić information content (AvgIpc) is 2.41. The molecule has 6 nitrogen and oxygen atoms in total. The molecule has 2 saturated heterocycles. The van der Waals surface area contributed by atoms with E-state index in [-0.39, 0.29) is 23.9 Å². The summed E-state index contributed by atoms with van der Waals surface area (Å²) in [6.45, 7) is 5.29. The van der Waals surface area contributed by atoms with Crippen LogP contribution < -0.4 is 11.1 Å². The first-order valence-electron chi connectivity index (χ1n) is 7.17. The molecule has 1 atom stereocenters. The number of hydrogen-bond acceptors (Lipinski definition) is 4. The van der Waals surface area contributed by atoms with Gasteiger partial charge in [0.05, 0.1) is 6.54 Å². The zero-order valence-electron chi connectivity index (χ0n) is 11.6. The fraction of sp³-hybridized carbons (Fsp3) is 0.846. The smallest absolute Gasteiger partial charge is 0.242 e. The first-order valence-corrected chi connectivity index (χ1v) is 7.17. The fourth-order valence-electron chi connectivity index (χ4n) is 2.81. The second-order valence-electron chi connectivity index (χ2n) is 5.42. The number of likely N-dealkylation sites (tertiary alicyclic amines) is 1. The standard InChI is InChI=1S/C13H24N4O2/c1-2-11-13(19)15-5-8-17(11)12(18)9-16-6-3-10(14)4-7-16/h10-11H,2-9,14H2,1H3,(H,15,19). The highest BCUT2D eigenvalue weighted by atomic mass is 16.2. The van der Waals surface area contributed by atoms with Gasteiger partial charge >= 0.3 is 0 Å². The second-order valence-corrected chi connectivity index (χ2v) is 5.42. The van der Waals surface area contributed by atoms with Crippen molar-refractivity contribution in [1.82, 2.24) is 15.1 Å². The van der Waals surface area contributed by atoms with Gasteiger partial charge in [0.25, 0.3) is 0 Å². The lowest BCUT2D eigenvalue weighted by Crippen LogP contribution is -2.59. The number of carbonyl (C=O) groups excluding carboxylic acids is 2. The highest BCUT2D eigenvalue weighted by molar-refractivity contribution is 5.89. The van der Waals surface area contributed by atoms with Crippen LogP contribution in [0.2, 0.25) is 0 Å². The van der Waals surface area contributed by atoms with Gasteiger partial charge in [-0.25, -0.2) is 0 Å². The van der Waals surface area contributed by atoms with Crippen LogP contribution >= 0.6 is 0 Å². The number of nitrogens with one attached hydrogen (secondary N) is 1. The summed E-state index contributed by atoms with van der Waals surface area (Å²) in [5.41, 5.74) is 5.86. The van der Waals surface area contributed by atoms with Crippen molar-refractivity contribution < 1.29 is 9.59 Å². The summed E-state index contributed by atoms with van der Waals surface area (Å²) in [4.78, 5) is 27.9. The molecule has 0 aromatic heterocycles. The van der Waals surface area contributed by atoms with Crippen LogP contribution in [0.15, 0.2) is 0 Å². The summed E-state index contributed by atoms with van der Waals surface area (Å²) >= 11 is 0. The Labute approximate surface area is 114 Å². The molecule has 108 valence electrons. The van der Waals surface area contributed by atoms with Gasteiger partial charge in [-0.1, -0.05) is 6.92 Å². The van der Waals surface area contributed by atoms with Crippen molar-refractivity contribution in [1.29, 1.82) is 0 Å². The van der Waals surface area contributed by atoms with Crippen LogP contribution in [0, 0.1) is 0 Å². The van der Waals surface area contributed by atoms with Gasteiger partial charge in [0.1, 0.15) is 6.04 Å². The van der Waals surface area contributed by atoms with Crippen LogP contribution in [-0.4, -0.2) is 66.4 Å². The van der Waals surface area contributed by atoms with Gasteiger partial charge in [0.2, 0.25) is 11.8 Å². The highest BCUT2D eigenvalue weighted by Gasteiger charge is 2.32. The molecule has 1 unspecified atom stereocenters. The van der Waals surface area contributed by atoms with Crippen molar-refractivity contribution in [2.45, 2.75) is 38.3 Å². The minimum Gasteiger partial charge on any atom is -0.353 e. The van der Waals surface area contributed by atoms with Crippen LogP contribution in [0.25, 0.3) is 0 Å². The molecule has 0 aromatic rings. The van der Waals surface area contributed by atoms with Crippen molar-refractivity contribution in [3.63, 3.8) is 0 Å². The lowest BCUT2D eigenvalue weighted by Gasteiger charge is -2.37. The number of nitrogens with two attached hydrogens (primary N) is 1. The van der Waals surface area contributed by atoms with Gasteiger partial charge in [-0.3, -0.25) is 14.5 Å². The Balaban J connectivity index is 1.89. The number of hydrogen-bond donors (Lipinski definition) is 2. The minimum absolute atomic E-state index is 0.0252. The Bertz CT molecular complexity index is 340. The van der Waals surface area contributed by atoms with Gasteiger partial charge in [0.15, 0.2) is 0 Å². The number of rotatable bonds is 3. The molecule has 0 bridgehead atoms. The van der Waals surface area contributed by atoms with Gasteiger partial charge in [-0.05, 0) is 19.3 Å². The van der Waals surface area contributed by atoms with E-state index in [1.165, 1.54) is 0 Å². The normalized spacial score (nSPS) is 26.3. The predicted octanol–water partition coefficient (Wildman–Crippen LogP) is -0.853. The van der Waals surface area contributed by atoms with E-state index < -0.39 is 0 Å². The first-order chi connectivity index (χ1) is 9.11. The molecule has 0 aliphatic carbocycles. The number of piperazine rings is 1. The number of amides is 2. The lowest BCUT2D eigenvalue weighted by molar-refractivity contribution is -0.144. The average molecular weight is 268 g/mol. The molecule has 19 heavy (non-hydrogen) atoms. The van der Waals surface area contributed by atoms with Gasteiger partial charge < -0.3 is 16.0 Å². The summed E-state index contributed by atoms with van der Waals surface area (Å²) in [6.07, 6.45) is 2.57. The van der Waals surface area contributed by atoms with Crippen molar-refractivity contribution in [2.24, 2.45) is 5.73 Å². The molecular formula is C13H24N4O2. The largest absolute Gasteiger partial charge is 0.353 e. The number of nitrogens with zero attached hydrogens (tertiary/aromatic N) is 2. The van der Waals surface area contributed by atoms with Crippen molar-refractivity contribution in [2.75, 3.05) is 32.7 Å². The van der Waals surface area contributed by atoms with Gasteiger partial charge in [0, 0.05) is 32.2 Å². The SMILES string of the molecule is CCC1C(=O)NCCN1C(=O)CN1CCC(N)CC1. The Morgan fingerprint density at radius 3 is 2.68 bits per heavy atom. The molecule has 2 heterocycles. The molecule has 2 aliphatic rings. The quantitative estimate of drug-likeness (QED) is 0.698. The molecule has 2 fully saturated rings. The van der Waals surface area contributed by atoms with Gasteiger partial charge in [-0.15, -0.1) is 0 Å². The first kappa shape index (κ1) is 14.3. The maximum atomic E-state index is 12.3. The van der Waals surface area contributed by atoms with E-state index >= 15 is 0 Å². The molecule has 0 saturated carbocycles. The fourth-order valence-corrected chi connectivity index (χ4v) is 2.81. The van der Waals surface area contributed by atoms with Crippen molar-refractivity contribution >= 4 is 11.8 Å². The van der Waals surface area contributed by atoms with E-state index in [9.17, 15) is 9.59 Å². The maximum Gasteiger partial charge on any atom is 0.242 e. The van der Waals surface area contributed by atoms with Crippen LogP contribution in [0.4, 0.5) is 0 Å². The summed E-state index contributed by atoms with van der Waals surface area (Å²) in [5.74, 6) is 0.0416. The number of piperidine rings is 1. The van der Waals surface area contributed by atoms with Crippen LogP contribution in [0.3, 0.4) is 0 Å². The highest BCUT2D eigenvalue weighted by Crippen LogP contribution is 2.12. The van der Waals surface area contributed by atoms with Crippen molar-refractivity contribution in [3.05, 3.63) is 0 Å². The second kappa shape index (κ2) is 6.34. The number of carbonyl (C=O) groups is 2. The maximum absolute atomic E-state index is 12.3. The summed E-state index contributed by atoms with van der Waals surface area (Å²) in [7, 11) is 0. The zero-order chi connectivity index (χ0) is 13.8. The summed E-state index contributed by atoms with van der Waals surface area (Å²) < 4.78 is 0. The molecule has 0 radical (unpaired) electrons. The van der Waals surface area contributed by atoms with E-state index in [1.807, 2.05) is 6.92 Å². The Hall–Kier alpha value is -1.14. The molecule has 0 spiro atoms. The molecule has 2 amide bonds. The third-order valence-corrected chi connectivity index (χ3v) is 4.03. The lowest BCUT2D eigenvalue weighted by atomic mass is 10.1. The molecule has 6 heteroatoms.